The van der Waals surface area contributed by atoms with Gasteiger partial charge in [0, 0.05) is 44.1 Å². The van der Waals surface area contributed by atoms with Crippen LogP contribution in [0.3, 0.4) is 0 Å². The highest BCUT2D eigenvalue weighted by molar-refractivity contribution is 5.71. The Hall–Kier alpha value is -3.23. The minimum absolute atomic E-state index is 0.0395. The molecule has 5 heterocycles. The molecular weight excluding hydrogens is 368 g/mol. The molecule has 1 aliphatic heterocycles. The van der Waals surface area contributed by atoms with Gasteiger partial charge in [0.15, 0.2) is 5.65 Å². The van der Waals surface area contributed by atoms with Crippen LogP contribution in [0.1, 0.15) is 25.5 Å². The molecule has 0 amide bonds. The second-order valence-corrected chi connectivity index (χ2v) is 7.64. The molecule has 4 aromatic heterocycles. The Labute approximate surface area is 167 Å². The quantitative estimate of drug-likeness (QED) is 0.527. The predicted molar refractivity (Wildman–Crippen MR) is 110 cm³/mol. The highest BCUT2D eigenvalue weighted by atomic mass is 16.1. The van der Waals surface area contributed by atoms with E-state index in [9.17, 15) is 4.79 Å². The summed E-state index contributed by atoms with van der Waals surface area (Å²) >= 11 is 0. The first-order valence-electron chi connectivity index (χ1n) is 10.1. The topological polar surface area (TPSA) is 86.1 Å². The molecule has 0 atom stereocenters. The van der Waals surface area contributed by atoms with E-state index in [0.29, 0.717) is 24.8 Å². The molecule has 0 aliphatic carbocycles. The predicted octanol–water partition coefficient (Wildman–Crippen LogP) is 1.88. The SMILES string of the molecule is CCn1c(=O)n(CC2CCN(c3cc(C)nc4ncnn34)CC2)c2ncccc21. The van der Waals surface area contributed by atoms with Gasteiger partial charge in [-0.15, -0.1) is 0 Å². The van der Waals surface area contributed by atoms with Crippen LogP contribution in [0, 0.1) is 12.8 Å². The maximum Gasteiger partial charge on any atom is 0.330 e. The zero-order valence-corrected chi connectivity index (χ0v) is 16.7. The molecule has 0 saturated carbocycles. The lowest BCUT2D eigenvalue weighted by Gasteiger charge is -2.33. The van der Waals surface area contributed by atoms with E-state index in [0.717, 1.165) is 48.6 Å². The smallest absolute Gasteiger partial charge is 0.330 e. The molecule has 0 unspecified atom stereocenters. The van der Waals surface area contributed by atoms with Gasteiger partial charge in [-0.2, -0.15) is 14.6 Å². The molecule has 1 aliphatic rings. The first-order valence-corrected chi connectivity index (χ1v) is 10.1. The number of pyridine rings is 1. The average molecular weight is 392 g/mol. The van der Waals surface area contributed by atoms with E-state index in [1.54, 1.807) is 21.6 Å². The Balaban J connectivity index is 1.37. The summed E-state index contributed by atoms with van der Waals surface area (Å²) in [5, 5.41) is 4.32. The number of anilines is 1. The summed E-state index contributed by atoms with van der Waals surface area (Å²) in [6.45, 7) is 7.17. The van der Waals surface area contributed by atoms with Crippen molar-refractivity contribution in [3.05, 3.63) is 46.9 Å². The van der Waals surface area contributed by atoms with Gasteiger partial charge in [-0.25, -0.2) is 14.8 Å². The number of hydrogen-bond acceptors (Lipinski definition) is 6. The second-order valence-electron chi connectivity index (χ2n) is 7.64. The number of nitrogens with zero attached hydrogens (tertiary/aromatic N) is 8. The fraction of sp³-hybridized carbons (Fsp3) is 0.450. The Morgan fingerprint density at radius 1 is 1.17 bits per heavy atom. The van der Waals surface area contributed by atoms with Crippen molar-refractivity contribution in [1.29, 1.82) is 0 Å². The second kappa shape index (κ2) is 6.98. The van der Waals surface area contributed by atoms with Gasteiger partial charge in [-0.3, -0.25) is 9.13 Å². The van der Waals surface area contributed by atoms with E-state index in [1.165, 1.54) is 0 Å². The van der Waals surface area contributed by atoms with Crippen LogP contribution in [-0.2, 0) is 13.1 Å². The Bertz CT molecular complexity index is 1230. The summed E-state index contributed by atoms with van der Waals surface area (Å²) in [5.41, 5.74) is 2.68. The number of piperidine rings is 1. The van der Waals surface area contributed by atoms with Gasteiger partial charge < -0.3 is 4.90 Å². The van der Waals surface area contributed by atoms with Crippen molar-refractivity contribution in [3.63, 3.8) is 0 Å². The molecule has 1 fully saturated rings. The average Bonchev–Trinajstić information content (AvgIpc) is 3.31. The van der Waals surface area contributed by atoms with Gasteiger partial charge >= 0.3 is 5.69 Å². The standard InChI is InChI=1S/C20H24N8O/c1-3-26-16-5-4-8-21-18(16)27(20(26)29)12-15-6-9-25(10-7-15)17-11-14(2)24-19-22-13-23-28(17)19/h4-5,8,11,13,15H,3,6-7,9-10,12H2,1-2H3. The highest BCUT2D eigenvalue weighted by Gasteiger charge is 2.24. The maximum absolute atomic E-state index is 12.9. The molecular formula is C20H24N8O. The molecule has 4 aromatic rings. The van der Waals surface area contributed by atoms with Crippen LogP contribution in [-0.4, -0.2) is 46.8 Å². The molecule has 29 heavy (non-hydrogen) atoms. The normalized spacial score (nSPS) is 15.6. The molecule has 0 N–H and O–H groups in total. The van der Waals surface area contributed by atoms with E-state index in [-0.39, 0.29) is 5.69 Å². The Kier molecular flexibility index (Phi) is 4.30. The number of fused-ring (bicyclic) bond motifs is 2. The number of rotatable bonds is 4. The van der Waals surface area contributed by atoms with Gasteiger partial charge in [0.2, 0.25) is 0 Å². The van der Waals surface area contributed by atoms with Crippen molar-refractivity contribution in [3.8, 4) is 0 Å². The molecule has 0 bridgehead atoms. The van der Waals surface area contributed by atoms with Crippen molar-refractivity contribution in [1.82, 2.24) is 33.7 Å². The van der Waals surface area contributed by atoms with Crippen molar-refractivity contribution < 1.29 is 0 Å². The van der Waals surface area contributed by atoms with E-state index in [2.05, 4.69) is 31.0 Å². The fourth-order valence-electron chi connectivity index (χ4n) is 4.36. The van der Waals surface area contributed by atoms with Crippen LogP contribution in [0.4, 0.5) is 5.82 Å². The summed E-state index contributed by atoms with van der Waals surface area (Å²) in [6, 6.07) is 5.92. The van der Waals surface area contributed by atoms with E-state index in [4.69, 9.17) is 0 Å². The van der Waals surface area contributed by atoms with Gasteiger partial charge in [-0.05, 0) is 44.7 Å². The van der Waals surface area contributed by atoms with Crippen LogP contribution in [0.15, 0.2) is 35.5 Å². The van der Waals surface area contributed by atoms with Crippen molar-refractivity contribution in [2.75, 3.05) is 18.0 Å². The molecule has 150 valence electrons. The first-order chi connectivity index (χ1) is 14.2. The molecule has 5 rings (SSSR count). The number of imidazole rings is 1. The van der Waals surface area contributed by atoms with Crippen LogP contribution in [0.25, 0.3) is 16.9 Å². The summed E-state index contributed by atoms with van der Waals surface area (Å²) in [5.74, 6) is 2.10. The molecule has 0 spiro atoms. The minimum Gasteiger partial charge on any atom is -0.356 e. The first kappa shape index (κ1) is 17.8. The van der Waals surface area contributed by atoms with Crippen LogP contribution < -0.4 is 10.6 Å². The third-order valence-corrected chi connectivity index (χ3v) is 5.83. The lowest BCUT2D eigenvalue weighted by Crippen LogP contribution is -2.37. The van der Waals surface area contributed by atoms with Gasteiger partial charge in [0.25, 0.3) is 5.78 Å². The molecule has 0 radical (unpaired) electrons. The lowest BCUT2D eigenvalue weighted by atomic mass is 9.96. The Morgan fingerprint density at radius 2 is 2.00 bits per heavy atom. The molecule has 9 nitrogen and oxygen atoms in total. The van der Waals surface area contributed by atoms with Gasteiger partial charge in [-0.1, -0.05) is 0 Å². The van der Waals surface area contributed by atoms with Crippen molar-refractivity contribution in [2.24, 2.45) is 5.92 Å². The summed E-state index contributed by atoms with van der Waals surface area (Å²) in [7, 11) is 0. The fourth-order valence-corrected chi connectivity index (χ4v) is 4.36. The van der Waals surface area contributed by atoms with Gasteiger partial charge in [0.05, 0.1) is 5.52 Å². The molecule has 0 aromatic carbocycles. The van der Waals surface area contributed by atoms with Crippen LogP contribution in [0.5, 0.6) is 0 Å². The number of aromatic nitrogens is 7. The third-order valence-electron chi connectivity index (χ3n) is 5.83. The molecule has 9 heteroatoms. The molecule has 1 saturated heterocycles. The lowest BCUT2D eigenvalue weighted by molar-refractivity contribution is 0.353. The number of aryl methyl sites for hydroxylation is 2. The monoisotopic (exact) mass is 392 g/mol. The summed E-state index contributed by atoms with van der Waals surface area (Å²) in [4.78, 5) is 28.4. The maximum atomic E-state index is 12.9. The largest absolute Gasteiger partial charge is 0.356 e. The van der Waals surface area contributed by atoms with Crippen molar-refractivity contribution in [2.45, 2.75) is 39.8 Å². The Morgan fingerprint density at radius 3 is 2.79 bits per heavy atom. The van der Waals surface area contributed by atoms with Crippen LogP contribution >= 0.6 is 0 Å². The minimum atomic E-state index is 0.0395. The summed E-state index contributed by atoms with van der Waals surface area (Å²) < 4.78 is 5.46. The van der Waals surface area contributed by atoms with Crippen molar-refractivity contribution >= 4 is 22.8 Å². The summed E-state index contributed by atoms with van der Waals surface area (Å²) in [6.07, 6.45) is 5.32. The third kappa shape index (κ3) is 2.97. The zero-order chi connectivity index (χ0) is 20.0. The van der Waals surface area contributed by atoms with Crippen LogP contribution in [0.2, 0.25) is 0 Å². The van der Waals surface area contributed by atoms with E-state index < -0.39 is 0 Å². The van der Waals surface area contributed by atoms with E-state index >= 15 is 0 Å². The zero-order valence-electron chi connectivity index (χ0n) is 16.7. The number of hydrogen-bond donors (Lipinski definition) is 0. The van der Waals surface area contributed by atoms with E-state index in [1.807, 2.05) is 30.5 Å². The van der Waals surface area contributed by atoms with Gasteiger partial charge in [0.1, 0.15) is 12.1 Å². The highest BCUT2D eigenvalue weighted by Crippen LogP contribution is 2.25.